The summed E-state index contributed by atoms with van der Waals surface area (Å²) in [7, 11) is 4.55. The monoisotopic (exact) mass is 333 g/mol. The van der Waals surface area contributed by atoms with Gasteiger partial charge in [0.25, 0.3) is 5.91 Å². The third-order valence-corrected chi connectivity index (χ3v) is 3.82. The van der Waals surface area contributed by atoms with Crippen molar-refractivity contribution in [3.8, 4) is 17.2 Å². The summed E-state index contributed by atoms with van der Waals surface area (Å²) in [5.41, 5.74) is 1.38. The number of hydrogen-bond donors (Lipinski definition) is 1. The first-order valence-corrected chi connectivity index (χ1v) is 7.59. The first-order chi connectivity index (χ1) is 11.4. The summed E-state index contributed by atoms with van der Waals surface area (Å²) in [5.74, 6) is 2.70. The molecular weight excluding hydrogens is 310 g/mol. The summed E-state index contributed by atoms with van der Waals surface area (Å²) >= 11 is 0. The molecule has 0 aliphatic rings. The molecule has 6 heteroatoms. The maximum atomic E-state index is 12.6. The molecule has 0 aliphatic heterocycles. The lowest BCUT2D eigenvalue weighted by molar-refractivity contribution is 0.0939. The van der Waals surface area contributed by atoms with Gasteiger partial charge in [0.15, 0.2) is 11.5 Å². The number of aryl methyl sites for hydroxylation is 2. The normalized spacial score (nSPS) is 11.8. The first kappa shape index (κ1) is 17.7. The fourth-order valence-electron chi connectivity index (χ4n) is 2.65. The van der Waals surface area contributed by atoms with Crippen molar-refractivity contribution < 1.29 is 23.4 Å². The summed E-state index contributed by atoms with van der Waals surface area (Å²) in [6.07, 6.45) is 0. The van der Waals surface area contributed by atoms with Gasteiger partial charge in [-0.25, -0.2) is 0 Å². The zero-order valence-corrected chi connectivity index (χ0v) is 14.9. The molecule has 130 valence electrons. The van der Waals surface area contributed by atoms with Gasteiger partial charge in [-0.2, -0.15) is 0 Å². The van der Waals surface area contributed by atoms with Crippen molar-refractivity contribution in [2.24, 2.45) is 0 Å². The lowest BCUT2D eigenvalue weighted by Gasteiger charge is -2.16. The molecule has 1 N–H and O–H groups in total. The van der Waals surface area contributed by atoms with Gasteiger partial charge in [0.2, 0.25) is 5.75 Å². The Morgan fingerprint density at radius 1 is 1.04 bits per heavy atom. The van der Waals surface area contributed by atoms with Crippen LogP contribution in [0.5, 0.6) is 17.2 Å². The number of rotatable bonds is 6. The van der Waals surface area contributed by atoms with E-state index in [0.29, 0.717) is 22.8 Å². The molecule has 1 aromatic carbocycles. The van der Waals surface area contributed by atoms with E-state index >= 15 is 0 Å². The molecule has 0 spiro atoms. The van der Waals surface area contributed by atoms with E-state index in [0.717, 1.165) is 17.1 Å². The Morgan fingerprint density at radius 3 is 2.04 bits per heavy atom. The number of carbonyl (C=O) groups is 1. The van der Waals surface area contributed by atoms with Gasteiger partial charge in [0, 0.05) is 11.1 Å². The molecule has 0 aliphatic carbocycles. The molecule has 24 heavy (non-hydrogen) atoms. The van der Waals surface area contributed by atoms with E-state index in [2.05, 4.69) is 5.32 Å². The second-order valence-electron chi connectivity index (χ2n) is 5.48. The van der Waals surface area contributed by atoms with Crippen LogP contribution in [0.2, 0.25) is 0 Å². The van der Waals surface area contributed by atoms with Gasteiger partial charge in [-0.3, -0.25) is 4.79 Å². The van der Waals surface area contributed by atoms with Crippen molar-refractivity contribution in [3.63, 3.8) is 0 Å². The lowest BCUT2D eigenvalue weighted by atomic mass is 10.1. The van der Waals surface area contributed by atoms with Crippen LogP contribution in [0.25, 0.3) is 0 Å². The predicted octanol–water partition coefficient (Wildman–Crippen LogP) is 3.41. The predicted molar refractivity (Wildman–Crippen MR) is 90.2 cm³/mol. The molecule has 1 amide bonds. The maximum absolute atomic E-state index is 12.6. The first-order valence-electron chi connectivity index (χ1n) is 7.59. The fraction of sp³-hybridized carbons (Fsp3) is 0.389. The molecule has 0 bridgehead atoms. The molecule has 1 aromatic heterocycles. The lowest BCUT2D eigenvalue weighted by Crippen LogP contribution is -2.26. The zero-order chi connectivity index (χ0) is 17.9. The van der Waals surface area contributed by atoms with Crippen LogP contribution in [0.15, 0.2) is 22.6 Å². The van der Waals surface area contributed by atoms with Crippen LogP contribution in [0.1, 0.15) is 40.4 Å². The Labute approximate surface area is 141 Å². The quantitative estimate of drug-likeness (QED) is 0.877. The van der Waals surface area contributed by atoms with Crippen LogP contribution in [0.3, 0.4) is 0 Å². The van der Waals surface area contributed by atoms with E-state index in [1.165, 1.54) is 21.3 Å². The van der Waals surface area contributed by atoms with E-state index in [1.807, 2.05) is 26.8 Å². The summed E-state index contributed by atoms with van der Waals surface area (Å²) in [6, 6.07) is 4.98. The Hall–Kier alpha value is -2.63. The van der Waals surface area contributed by atoms with E-state index in [4.69, 9.17) is 18.6 Å². The van der Waals surface area contributed by atoms with Crippen LogP contribution in [0.4, 0.5) is 0 Å². The van der Waals surface area contributed by atoms with Gasteiger partial charge >= 0.3 is 0 Å². The summed E-state index contributed by atoms with van der Waals surface area (Å²) in [5, 5.41) is 2.96. The summed E-state index contributed by atoms with van der Waals surface area (Å²) in [4.78, 5) is 12.6. The fourth-order valence-corrected chi connectivity index (χ4v) is 2.65. The molecule has 0 saturated carbocycles. The summed E-state index contributed by atoms with van der Waals surface area (Å²) in [6.45, 7) is 5.67. The molecule has 0 unspecified atom stereocenters. The van der Waals surface area contributed by atoms with Gasteiger partial charge in [0.1, 0.15) is 11.5 Å². The number of benzene rings is 1. The van der Waals surface area contributed by atoms with Gasteiger partial charge < -0.3 is 23.9 Å². The highest BCUT2D eigenvalue weighted by atomic mass is 16.5. The highest BCUT2D eigenvalue weighted by molar-refractivity contribution is 5.95. The van der Waals surface area contributed by atoms with E-state index in [9.17, 15) is 4.79 Å². The molecule has 6 nitrogen and oxygen atoms in total. The molecular formula is C18H23NO5. The average molecular weight is 333 g/mol. The molecule has 0 fully saturated rings. The van der Waals surface area contributed by atoms with Crippen LogP contribution in [-0.2, 0) is 0 Å². The minimum Gasteiger partial charge on any atom is -0.493 e. The molecule has 2 rings (SSSR count). The zero-order valence-electron chi connectivity index (χ0n) is 14.9. The number of methoxy groups -OCH3 is 3. The van der Waals surface area contributed by atoms with Crippen molar-refractivity contribution in [2.75, 3.05) is 21.3 Å². The second-order valence-corrected chi connectivity index (χ2v) is 5.48. The Bertz CT molecular complexity index is 710. The smallest absolute Gasteiger partial charge is 0.252 e. The van der Waals surface area contributed by atoms with Crippen molar-refractivity contribution in [3.05, 3.63) is 40.8 Å². The van der Waals surface area contributed by atoms with Gasteiger partial charge in [-0.05, 0) is 39.0 Å². The summed E-state index contributed by atoms with van der Waals surface area (Å²) < 4.78 is 21.3. The minimum absolute atomic E-state index is 0.186. The van der Waals surface area contributed by atoms with Crippen LogP contribution < -0.4 is 19.5 Å². The average Bonchev–Trinajstić information content (AvgIpc) is 2.91. The highest BCUT2D eigenvalue weighted by Crippen LogP contribution is 2.38. The molecule has 1 heterocycles. The SMILES string of the molecule is COc1cc(C(=O)N[C@H](C)c2cc(C)oc2C)cc(OC)c1OC. The second kappa shape index (κ2) is 7.29. The number of furan rings is 1. The van der Waals surface area contributed by atoms with Crippen molar-refractivity contribution >= 4 is 5.91 Å². The number of hydrogen-bond acceptors (Lipinski definition) is 5. The third kappa shape index (κ3) is 3.48. The molecule has 0 saturated heterocycles. The van der Waals surface area contributed by atoms with Gasteiger partial charge in [-0.15, -0.1) is 0 Å². The standard InChI is InChI=1S/C18H23NO5/c1-10-7-14(12(3)24-10)11(2)19-18(20)13-8-15(21-4)17(23-6)16(9-13)22-5/h7-9,11H,1-6H3,(H,19,20)/t11-/m1/s1. The van der Waals surface area contributed by atoms with E-state index < -0.39 is 0 Å². The van der Waals surface area contributed by atoms with Crippen LogP contribution >= 0.6 is 0 Å². The van der Waals surface area contributed by atoms with Crippen LogP contribution in [0, 0.1) is 13.8 Å². The number of carbonyl (C=O) groups excluding carboxylic acids is 1. The van der Waals surface area contributed by atoms with Crippen LogP contribution in [-0.4, -0.2) is 27.2 Å². The topological polar surface area (TPSA) is 69.9 Å². The molecule has 1 atom stereocenters. The molecule has 2 aromatic rings. The Balaban J connectivity index is 2.28. The number of amides is 1. The van der Waals surface area contributed by atoms with Crippen molar-refractivity contribution in [2.45, 2.75) is 26.8 Å². The largest absolute Gasteiger partial charge is 0.493 e. The minimum atomic E-state index is -0.236. The van der Waals surface area contributed by atoms with Crippen molar-refractivity contribution in [1.82, 2.24) is 5.32 Å². The molecule has 0 radical (unpaired) electrons. The Morgan fingerprint density at radius 2 is 1.62 bits per heavy atom. The van der Waals surface area contributed by atoms with E-state index in [1.54, 1.807) is 12.1 Å². The van der Waals surface area contributed by atoms with E-state index in [-0.39, 0.29) is 11.9 Å². The number of ether oxygens (including phenoxy) is 3. The maximum Gasteiger partial charge on any atom is 0.252 e. The van der Waals surface area contributed by atoms with Gasteiger partial charge in [0.05, 0.1) is 27.4 Å². The highest BCUT2D eigenvalue weighted by Gasteiger charge is 2.20. The van der Waals surface area contributed by atoms with Gasteiger partial charge in [-0.1, -0.05) is 0 Å². The number of nitrogens with one attached hydrogen (secondary N) is 1. The van der Waals surface area contributed by atoms with Crippen molar-refractivity contribution in [1.29, 1.82) is 0 Å². The Kier molecular flexibility index (Phi) is 5.39. The third-order valence-electron chi connectivity index (χ3n) is 3.82.